The largest absolute Gasteiger partial charge is 0.309 e. The summed E-state index contributed by atoms with van der Waals surface area (Å²) in [5.74, 6) is -0.192. The van der Waals surface area contributed by atoms with Crippen molar-refractivity contribution < 1.29 is 9.50 Å². The van der Waals surface area contributed by atoms with Gasteiger partial charge in [0, 0.05) is 32.2 Å². The van der Waals surface area contributed by atoms with E-state index in [1.54, 1.807) is 0 Å². The van der Waals surface area contributed by atoms with Crippen LogP contribution in [0.15, 0.2) is 24.3 Å². The normalized spacial score (nSPS) is 21.6. The number of hydrogen-bond acceptors (Lipinski definition) is 2. The van der Waals surface area contributed by atoms with Gasteiger partial charge in [0.2, 0.25) is 0 Å². The lowest BCUT2D eigenvalue weighted by Gasteiger charge is -2.32. The van der Waals surface area contributed by atoms with Crippen molar-refractivity contribution in [3.63, 3.8) is 0 Å². The summed E-state index contributed by atoms with van der Waals surface area (Å²) in [6.45, 7) is 3.57. The van der Waals surface area contributed by atoms with Crippen molar-refractivity contribution in [3.8, 4) is 0 Å². The smallest absolute Gasteiger partial charge is 0.123 e. The molecule has 4 heteroatoms. The molecule has 1 radical (unpaired) electrons. The number of rotatable bonds is 4. The van der Waals surface area contributed by atoms with Crippen LogP contribution in [0.5, 0.6) is 0 Å². The summed E-state index contributed by atoms with van der Waals surface area (Å²) in [6.07, 6.45) is 0.909. The van der Waals surface area contributed by atoms with E-state index in [2.05, 4.69) is 10.2 Å². The molecule has 3 nitrogen and oxygen atoms in total. The van der Waals surface area contributed by atoms with Gasteiger partial charge in [0.1, 0.15) is 5.82 Å². The van der Waals surface area contributed by atoms with Crippen LogP contribution in [0.25, 0.3) is 0 Å². The van der Waals surface area contributed by atoms with Crippen molar-refractivity contribution in [3.05, 3.63) is 35.6 Å². The summed E-state index contributed by atoms with van der Waals surface area (Å²) >= 11 is 0. The highest BCUT2D eigenvalue weighted by Gasteiger charge is 2.18. The van der Waals surface area contributed by atoms with Crippen molar-refractivity contribution in [2.75, 3.05) is 32.8 Å². The Morgan fingerprint density at radius 2 is 2.12 bits per heavy atom. The monoisotopic (exact) mass is 237 g/mol. The SMILES string of the molecule is [O]CC1CN(CCc2ccc(F)cc2)CCN1. The molecule has 1 unspecified atom stereocenters. The minimum atomic E-state index is -0.192. The van der Waals surface area contributed by atoms with Crippen molar-refractivity contribution in [2.24, 2.45) is 0 Å². The van der Waals surface area contributed by atoms with Gasteiger partial charge >= 0.3 is 0 Å². The number of benzene rings is 1. The lowest BCUT2D eigenvalue weighted by atomic mass is 10.1. The Balaban J connectivity index is 1.79. The fourth-order valence-corrected chi connectivity index (χ4v) is 2.15. The van der Waals surface area contributed by atoms with Gasteiger partial charge in [-0.25, -0.2) is 9.50 Å². The van der Waals surface area contributed by atoms with E-state index in [9.17, 15) is 9.50 Å². The maximum Gasteiger partial charge on any atom is 0.123 e. The minimum Gasteiger partial charge on any atom is -0.309 e. The Morgan fingerprint density at radius 1 is 1.35 bits per heavy atom. The molecule has 0 aromatic heterocycles. The molecule has 1 N–H and O–H groups in total. The first-order valence-electron chi connectivity index (χ1n) is 6.06. The van der Waals surface area contributed by atoms with Gasteiger partial charge in [-0.15, -0.1) is 0 Å². The fraction of sp³-hybridized carbons (Fsp3) is 0.538. The highest BCUT2D eigenvalue weighted by molar-refractivity contribution is 5.16. The molecular weight excluding hydrogens is 219 g/mol. The van der Waals surface area contributed by atoms with Gasteiger partial charge in [0.05, 0.1) is 6.61 Å². The molecule has 0 saturated carbocycles. The van der Waals surface area contributed by atoms with Crippen LogP contribution >= 0.6 is 0 Å². The third kappa shape index (κ3) is 3.77. The molecule has 0 aliphatic carbocycles. The van der Waals surface area contributed by atoms with Crippen molar-refractivity contribution >= 4 is 0 Å². The summed E-state index contributed by atoms with van der Waals surface area (Å²) in [7, 11) is 0. The molecule has 93 valence electrons. The van der Waals surface area contributed by atoms with Gasteiger partial charge in [-0.2, -0.15) is 0 Å². The molecule has 1 atom stereocenters. The molecular formula is C13H18FN2O. The van der Waals surface area contributed by atoms with Crippen molar-refractivity contribution in [2.45, 2.75) is 12.5 Å². The van der Waals surface area contributed by atoms with Crippen LogP contribution in [0.2, 0.25) is 0 Å². The summed E-state index contributed by atoms with van der Waals surface area (Å²) in [4.78, 5) is 2.29. The number of halogens is 1. The molecule has 1 saturated heterocycles. The lowest BCUT2D eigenvalue weighted by Crippen LogP contribution is -2.52. The number of nitrogens with zero attached hydrogens (tertiary/aromatic N) is 1. The molecule has 1 aliphatic heterocycles. The minimum absolute atomic E-state index is 0.0625. The first-order chi connectivity index (χ1) is 8.28. The lowest BCUT2D eigenvalue weighted by molar-refractivity contribution is 0.109. The molecule has 1 aliphatic rings. The maximum absolute atomic E-state index is 12.7. The predicted octanol–water partition coefficient (Wildman–Crippen LogP) is 1.07. The molecule has 1 heterocycles. The number of nitrogens with one attached hydrogen (secondary N) is 1. The van der Waals surface area contributed by atoms with Crippen LogP contribution in [0.3, 0.4) is 0 Å². The average Bonchev–Trinajstić information content (AvgIpc) is 2.38. The van der Waals surface area contributed by atoms with Gasteiger partial charge < -0.3 is 10.2 Å². The number of piperazine rings is 1. The van der Waals surface area contributed by atoms with E-state index in [-0.39, 0.29) is 18.5 Å². The van der Waals surface area contributed by atoms with Crippen LogP contribution < -0.4 is 5.32 Å². The Kier molecular flexibility index (Phi) is 4.48. The van der Waals surface area contributed by atoms with E-state index in [1.807, 2.05) is 12.1 Å². The highest BCUT2D eigenvalue weighted by atomic mass is 19.1. The van der Waals surface area contributed by atoms with Gasteiger partial charge in [0.25, 0.3) is 0 Å². The fourth-order valence-electron chi connectivity index (χ4n) is 2.15. The third-order valence-electron chi connectivity index (χ3n) is 3.17. The Labute approximate surface area is 101 Å². The summed E-state index contributed by atoms with van der Waals surface area (Å²) < 4.78 is 12.7. The molecule has 1 aromatic carbocycles. The first-order valence-corrected chi connectivity index (χ1v) is 6.06. The summed E-state index contributed by atoms with van der Waals surface area (Å²) in [6, 6.07) is 6.71. The van der Waals surface area contributed by atoms with E-state index in [4.69, 9.17) is 0 Å². The van der Waals surface area contributed by atoms with Crippen LogP contribution in [-0.2, 0) is 11.5 Å². The van der Waals surface area contributed by atoms with E-state index in [0.717, 1.165) is 38.2 Å². The quantitative estimate of drug-likeness (QED) is 0.850. The van der Waals surface area contributed by atoms with Crippen molar-refractivity contribution in [1.29, 1.82) is 0 Å². The molecule has 0 amide bonds. The molecule has 1 aromatic rings. The van der Waals surface area contributed by atoms with E-state index >= 15 is 0 Å². The zero-order valence-corrected chi connectivity index (χ0v) is 9.86. The summed E-state index contributed by atoms with van der Waals surface area (Å²) in [5.41, 5.74) is 1.14. The van der Waals surface area contributed by atoms with Crippen LogP contribution in [0.4, 0.5) is 4.39 Å². The molecule has 0 spiro atoms. The van der Waals surface area contributed by atoms with Gasteiger partial charge in [0.15, 0.2) is 0 Å². The Morgan fingerprint density at radius 3 is 2.82 bits per heavy atom. The van der Waals surface area contributed by atoms with E-state index < -0.39 is 0 Å². The first kappa shape index (κ1) is 12.5. The summed E-state index contributed by atoms with van der Waals surface area (Å²) in [5, 5.41) is 14.0. The van der Waals surface area contributed by atoms with Crippen molar-refractivity contribution in [1.82, 2.24) is 10.2 Å². The predicted molar refractivity (Wildman–Crippen MR) is 63.9 cm³/mol. The second-order valence-corrected chi connectivity index (χ2v) is 4.49. The standard InChI is InChI=1S/C13H18FN2O/c14-12-3-1-11(2-4-12)5-7-16-8-6-15-13(9-16)10-17/h1-4,13,15H,5-10H2. The second-order valence-electron chi connectivity index (χ2n) is 4.49. The maximum atomic E-state index is 12.7. The highest BCUT2D eigenvalue weighted by Crippen LogP contribution is 2.06. The van der Waals surface area contributed by atoms with Crippen LogP contribution in [0.1, 0.15) is 5.56 Å². The molecule has 0 bridgehead atoms. The average molecular weight is 237 g/mol. The topological polar surface area (TPSA) is 35.2 Å². The zero-order chi connectivity index (χ0) is 12.1. The Bertz CT molecular complexity index is 342. The Hall–Kier alpha value is -0.970. The zero-order valence-electron chi connectivity index (χ0n) is 9.86. The van der Waals surface area contributed by atoms with Gasteiger partial charge in [-0.1, -0.05) is 12.1 Å². The molecule has 1 fully saturated rings. The molecule has 17 heavy (non-hydrogen) atoms. The molecule has 2 rings (SSSR count). The van der Waals surface area contributed by atoms with Gasteiger partial charge in [-0.3, -0.25) is 0 Å². The second kappa shape index (κ2) is 6.10. The number of hydrogen-bond donors (Lipinski definition) is 1. The van der Waals surface area contributed by atoms with E-state index in [1.165, 1.54) is 12.1 Å². The third-order valence-corrected chi connectivity index (χ3v) is 3.17. The van der Waals surface area contributed by atoms with Crippen LogP contribution in [0, 0.1) is 5.82 Å². The van der Waals surface area contributed by atoms with E-state index in [0.29, 0.717) is 0 Å². The van der Waals surface area contributed by atoms with Crippen LogP contribution in [-0.4, -0.2) is 43.7 Å². The van der Waals surface area contributed by atoms with Gasteiger partial charge in [-0.05, 0) is 24.1 Å².